The van der Waals surface area contributed by atoms with Gasteiger partial charge in [0.15, 0.2) is 11.6 Å². The van der Waals surface area contributed by atoms with Gasteiger partial charge in [-0.25, -0.2) is 0 Å². The summed E-state index contributed by atoms with van der Waals surface area (Å²) in [4.78, 5) is 17.0. The van der Waals surface area contributed by atoms with Gasteiger partial charge in [0, 0.05) is 37.6 Å². The lowest BCUT2D eigenvalue weighted by atomic mass is 10.0. The van der Waals surface area contributed by atoms with Crippen LogP contribution in [-0.2, 0) is 18.2 Å². The summed E-state index contributed by atoms with van der Waals surface area (Å²) in [6, 6.07) is 8.21. The number of aryl methyl sites for hydroxylation is 2. The minimum atomic E-state index is 0.0717. The van der Waals surface area contributed by atoms with Crippen molar-refractivity contribution in [2.45, 2.75) is 45.1 Å². The Kier molecular flexibility index (Phi) is 4.83. The number of allylic oxidation sites excluding steroid dienone is 1. The number of fused-ring (bicyclic) bond motifs is 1. The number of Topliss-reactive ketones (excluding diaryl/α,β-unsaturated/α-hetero) is 1. The molecule has 0 spiro atoms. The molecular formula is C23H24N4O3. The maximum atomic E-state index is 12.6. The number of hydrogen-bond acceptors (Lipinski definition) is 6. The number of ether oxygens (including phenoxy) is 1. The van der Waals surface area contributed by atoms with E-state index >= 15 is 0 Å². The summed E-state index contributed by atoms with van der Waals surface area (Å²) in [6.07, 6.45) is 6.47. The Hall–Kier alpha value is -3.06. The van der Waals surface area contributed by atoms with Crippen LogP contribution < -0.4 is 0 Å². The second-order valence-electron chi connectivity index (χ2n) is 8.04. The minimum absolute atomic E-state index is 0.0717. The smallest absolute Gasteiger partial charge is 0.254 e. The van der Waals surface area contributed by atoms with Crippen LogP contribution in [0.25, 0.3) is 22.9 Å². The highest BCUT2D eigenvalue weighted by atomic mass is 16.5. The van der Waals surface area contributed by atoms with E-state index in [1.807, 2.05) is 20.0 Å². The summed E-state index contributed by atoms with van der Waals surface area (Å²) in [5.74, 6) is 1.28. The summed E-state index contributed by atoms with van der Waals surface area (Å²) < 4.78 is 12.7. The highest BCUT2D eigenvalue weighted by Gasteiger charge is 2.22. The molecule has 1 aliphatic heterocycles. The van der Waals surface area contributed by atoms with E-state index in [-0.39, 0.29) is 11.9 Å². The quantitative estimate of drug-likeness (QED) is 0.577. The zero-order valence-corrected chi connectivity index (χ0v) is 17.2. The average Bonchev–Trinajstić information content (AvgIpc) is 3.51. The fourth-order valence-electron chi connectivity index (χ4n) is 4.22. The minimum Gasteiger partial charge on any atom is -0.378 e. The normalized spacial score (nSPS) is 17.9. The van der Waals surface area contributed by atoms with Crippen LogP contribution in [0.1, 0.15) is 59.0 Å². The number of rotatable bonds is 6. The molecule has 2 aromatic heterocycles. The monoisotopic (exact) mass is 404 g/mol. The number of ketones is 1. The summed E-state index contributed by atoms with van der Waals surface area (Å²) in [5.41, 5.74) is 5.85. The van der Waals surface area contributed by atoms with Crippen molar-refractivity contribution >= 4 is 17.4 Å². The zero-order valence-electron chi connectivity index (χ0n) is 17.2. The molecule has 30 heavy (non-hydrogen) atoms. The van der Waals surface area contributed by atoms with Crippen molar-refractivity contribution in [3.8, 4) is 11.3 Å². The molecule has 0 bridgehead atoms. The average molecular weight is 404 g/mol. The molecule has 154 valence electrons. The highest BCUT2D eigenvalue weighted by molar-refractivity contribution is 5.95. The summed E-state index contributed by atoms with van der Waals surface area (Å²) in [5, 5.41) is 8.35. The van der Waals surface area contributed by atoms with Crippen LogP contribution in [0.5, 0.6) is 0 Å². The van der Waals surface area contributed by atoms with E-state index in [0.29, 0.717) is 23.8 Å². The van der Waals surface area contributed by atoms with Crippen molar-refractivity contribution < 1.29 is 14.1 Å². The molecule has 5 rings (SSSR count). The van der Waals surface area contributed by atoms with E-state index in [9.17, 15) is 4.79 Å². The van der Waals surface area contributed by atoms with E-state index in [1.165, 1.54) is 5.56 Å². The van der Waals surface area contributed by atoms with Crippen molar-refractivity contribution in [2.24, 2.45) is 7.05 Å². The standard InChI is InChI=1S/C23H24N4O3/c1-14-24-23(30-26-14)18-10-15-5-6-16(11-17(15)12-18)21-13-20(25-27(21)2)22(28)8-7-19-4-3-9-29-19/h5-6,11-13,19H,3-4,7-10H2,1-2H3/t19-/m1/s1. The van der Waals surface area contributed by atoms with Gasteiger partial charge < -0.3 is 9.26 Å². The third kappa shape index (κ3) is 3.61. The predicted molar refractivity (Wildman–Crippen MR) is 112 cm³/mol. The summed E-state index contributed by atoms with van der Waals surface area (Å²) in [6.45, 7) is 2.63. The first-order valence-electron chi connectivity index (χ1n) is 10.4. The van der Waals surface area contributed by atoms with Gasteiger partial charge in [0.1, 0.15) is 5.69 Å². The van der Waals surface area contributed by atoms with Crippen LogP contribution in [0.3, 0.4) is 0 Å². The third-order valence-electron chi connectivity index (χ3n) is 5.84. The molecule has 2 aliphatic rings. The van der Waals surface area contributed by atoms with Gasteiger partial charge in [-0.1, -0.05) is 17.3 Å². The Labute approximate surface area is 174 Å². The van der Waals surface area contributed by atoms with Crippen molar-refractivity contribution in [3.05, 3.63) is 52.8 Å². The van der Waals surface area contributed by atoms with Gasteiger partial charge >= 0.3 is 0 Å². The summed E-state index contributed by atoms with van der Waals surface area (Å²) >= 11 is 0. The molecule has 1 atom stereocenters. The van der Waals surface area contributed by atoms with Crippen LogP contribution >= 0.6 is 0 Å². The molecule has 1 saturated heterocycles. The zero-order chi connectivity index (χ0) is 20.7. The Balaban J connectivity index is 1.35. The first-order valence-corrected chi connectivity index (χ1v) is 10.4. The number of benzene rings is 1. The lowest BCUT2D eigenvalue weighted by Gasteiger charge is -2.06. The number of carbonyl (C=O) groups is 1. The number of hydrogen-bond donors (Lipinski definition) is 0. The maximum absolute atomic E-state index is 12.6. The predicted octanol–water partition coefficient (Wildman–Crippen LogP) is 4.02. The molecule has 7 heteroatoms. The number of nitrogens with zero attached hydrogens (tertiary/aromatic N) is 4. The lowest BCUT2D eigenvalue weighted by Crippen LogP contribution is -2.09. The SMILES string of the molecule is Cc1noc(C2=Cc3cc(-c4cc(C(=O)CC[C@H]5CCCO5)nn4C)ccc3C2)n1. The Morgan fingerprint density at radius 1 is 1.30 bits per heavy atom. The van der Waals surface area contributed by atoms with E-state index in [0.717, 1.165) is 54.7 Å². The van der Waals surface area contributed by atoms with Gasteiger partial charge in [0.05, 0.1) is 11.8 Å². The van der Waals surface area contributed by atoms with Crippen LogP contribution in [-0.4, -0.2) is 38.4 Å². The van der Waals surface area contributed by atoms with E-state index < -0.39 is 0 Å². The lowest BCUT2D eigenvalue weighted by molar-refractivity contribution is 0.0855. The Morgan fingerprint density at radius 2 is 2.20 bits per heavy atom. The van der Waals surface area contributed by atoms with E-state index in [2.05, 4.69) is 39.5 Å². The molecule has 3 aromatic rings. The number of carbonyl (C=O) groups excluding carboxylic acids is 1. The topological polar surface area (TPSA) is 83.0 Å². The van der Waals surface area contributed by atoms with Crippen LogP contribution in [0.2, 0.25) is 0 Å². The van der Waals surface area contributed by atoms with Crippen molar-refractivity contribution in [3.63, 3.8) is 0 Å². The molecule has 7 nitrogen and oxygen atoms in total. The first-order chi connectivity index (χ1) is 14.6. The van der Waals surface area contributed by atoms with Crippen LogP contribution in [0, 0.1) is 6.92 Å². The van der Waals surface area contributed by atoms with Gasteiger partial charge in [-0.2, -0.15) is 10.1 Å². The number of aromatic nitrogens is 4. The third-order valence-corrected chi connectivity index (χ3v) is 5.84. The fraction of sp³-hybridized carbons (Fsp3) is 0.391. The molecule has 1 fully saturated rings. The van der Waals surface area contributed by atoms with Gasteiger partial charge in [-0.15, -0.1) is 0 Å². The highest BCUT2D eigenvalue weighted by Crippen LogP contribution is 2.34. The molecule has 0 radical (unpaired) electrons. The first kappa shape index (κ1) is 18.9. The molecule has 0 saturated carbocycles. The molecule has 1 aliphatic carbocycles. The second-order valence-corrected chi connectivity index (χ2v) is 8.04. The largest absolute Gasteiger partial charge is 0.378 e. The maximum Gasteiger partial charge on any atom is 0.254 e. The van der Waals surface area contributed by atoms with Gasteiger partial charge in [0.25, 0.3) is 5.89 Å². The van der Waals surface area contributed by atoms with Crippen molar-refractivity contribution in [2.75, 3.05) is 6.61 Å². The van der Waals surface area contributed by atoms with Gasteiger partial charge in [-0.05, 0) is 55.5 Å². The van der Waals surface area contributed by atoms with Crippen molar-refractivity contribution in [1.29, 1.82) is 0 Å². The second kappa shape index (κ2) is 7.65. The van der Waals surface area contributed by atoms with Gasteiger partial charge in [-0.3, -0.25) is 9.48 Å². The van der Waals surface area contributed by atoms with E-state index in [1.54, 1.807) is 4.68 Å². The Morgan fingerprint density at radius 3 is 2.97 bits per heavy atom. The van der Waals surface area contributed by atoms with Crippen LogP contribution in [0.4, 0.5) is 0 Å². The van der Waals surface area contributed by atoms with Crippen LogP contribution in [0.15, 0.2) is 28.8 Å². The molecule has 0 amide bonds. The molecule has 3 heterocycles. The molecule has 0 N–H and O–H groups in total. The van der Waals surface area contributed by atoms with Crippen molar-refractivity contribution in [1.82, 2.24) is 19.9 Å². The molecule has 0 unspecified atom stereocenters. The Bertz CT molecular complexity index is 1140. The fourth-order valence-corrected chi connectivity index (χ4v) is 4.22. The van der Waals surface area contributed by atoms with E-state index in [4.69, 9.17) is 9.26 Å². The summed E-state index contributed by atoms with van der Waals surface area (Å²) in [7, 11) is 1.88. The van der Waals surface area contributed by atoms with Gasteiger partial charge in [0.2, 0.25) is 0 Å². The molecular weight excluding hydrogens is 380 g/mol. The molecule has 1 aromatic carbocycles.